The van der Waals surface area contributed by atoms with E-state index in [1.165, 1.54) is 5.56 Å². The topological polar surface area (TPSA) is 84.7 Å². The molecule has 170 valence electrons. The third-order valence-corrected chi connectivity index (χ3v) is 6.09. The molecule has 2 N–H and O–H groups in total. The van der Waals surface area contributed by atoms with Crippen LogP contribution >= 0.6 is 0 Å². The highest BCUT2D eigenvalue weighted by molar-refractivity contribution is 5.90. The highest BCUT2D eigenvalue weighted by Gasteiger charge is 2.25. The molecule has 0 saturated heterocycles. The summed E-state index contributed by atoms with van der Waals surface area (Å²) in [5.41, 5.74) is 3.94. The Morgan fingerprint density at radius 1 is 1.09 bits per heavy atom. The molecular weight excluding hydrogens is 400 g/mol. The molecule has 1 amide bonds. The minimum absolute atomic E-state index is 0.170. The largest absolute Gasteiger partial charge is 0.367 e. The first kappa shape index (κ1) is 22.2. The molecule has 0 aliphatic heterocycles. The van der Waals surface area contributed by atoms with Gasteiger partial charge in [-0.2, -0.15) is 5.10 Å². The Morgan fingerprint density at radius 3 is 2.50 bits per heavy atom. The normalized spacial score (nSPS) is 18.8. The molecule has 1 fully saturated rings. The van der Waals surface area contributed by atoms with Crippen LogP contribution in [0, 0.1) is 26.7 Å². The van der Waals surface area contributed by atoms with E-state index < -0.39 is 0 Å². The van der Waals surface area contributed by atoms with Gasteiger partial charge in [0, 0.05) is 18.5 Å². The van der Waals surface area contributed by atoms with Crippen LogP contribution in [-0.2, 0) is 4.79 Å². The Bertz CT molecular complexity index is 1110. The number of nitrogens with one attached hydrogen (secondary N) is 2. The van der Waals surface area contributed by atoms with Gasteiger partial charge in [0.2, 0.25) is 5.91 Å². The summed E-state index contributed by atoms with van der Waals surface area (Å²) in [5, 5.41) is 12.6. The summed E-state index contributed by atoms with van der Waals surface area (Å²) in [6, 6.07) is 8.89. The number of hydrogen-bond acceptors (Lipinski definition) is 5. The lowest BCUT2D eigenvalue weighted by Gasteiger charge is -2.30. The van der Waals surface area contributed by atoms with E-state index in [1.54, 1.807) is 0 Å². The van der Waals surface area contributed by atoms with Crippen molar-refractivity contribution in [1.82, 2.24) is 25.1 Å². The van der Waals surface area contributed by atoms with E-state index in [0.29, 0.717) is 18.4 Å². The van der Waals surface area contributed by atoms with Crippen LogP contribution in [0.5, 0.6) is 0 Å². The fraction of sp³-hybridized carbons (Fsp3) is 0.520. The van der Waals surface area contributed by atoms with Gasteiger partial charge in [0.05, 0.1) is 16.8 Å². The van der Waals surface area contributed by atoms with Gasteiger partial charge in [-0.15, -0.1) is 0 Å². The van der Waals surface area contributed by atoms with Gasteiger partial charge in [0.25, 0.3) is 0 Å². The third kappa shape index (κ3) is 4.92. The van der Waals surface area contributed by atoms with E-state index in [2.05, 4.69) is 49.6 Å². The van der Waals surface area contributed by atoms with E-state index >= 15 is 0 Å². The van der Waals surface area contributed by atoms with Gasteiger partial charge in [0.1, 0.15) is 11.6 Å². The number of aromatic nitrogens is 4. The van der Waals surface area contributed by atoms with Crippen LogP contribution in [0.3, 0.4) is 0 Å². The Morgan fingerprint density at radius 2 is 1.81 bits per heavy atom. The highest BCUT2D eigenvalue weighted by Crippen LogP contribution is 2.29. The van der Waals surface area contributed by atoms with Gasteiger partial charge >= 0.3 is 0 Å². The van der Waals surface area contributed by atoms with Gasteiger partial charge in [-0.3, -0.25) is 4.79 Å². The summed E-state index contributed by atoms with van der Waals surface area (Å²) in [7, 11) is 0. The quantitative estimate of drug-likeness (QED) is 0.591. The lowest BCUT2D eigenvalue weighted by atomic mass is 9.91. The molecule has 1 aliphatic rings. The van der Waals surface area contributed by atoms with Crippen LogP contribution in [-0.4, -0.2) is 37.7 Å². The minimum Gasteiger partial charge on any atom is -0.367 e. The molecule has 1 aromatic carbocycles. The summed E-state index contributed by atoms with van der Waals surface area (Å²) in [5.74, 6) is 2.14. The molecule has 0 atom stereocenters. The third-order valence-electron chi connectivity index (χ3n) is 6.09. The zero-order valence-electron chi connectivity index (χ0n) is 19.8. The predicted octanol–water partition coefficient (Wildman–Crippen LogP) is 4.63. The lowest BCUT2D eigenvalue weighted by molar-refractivity contribution is -0.122. The molecule has 0 radical (unpaired) electrons. The van der Waals surface area contributed by atoms with Crippen molar-refractivity contribution < 1.29 is 4.79 Å². The predicted molar refractivity (Wildman–Crippen MR) is 128 cm³/mol. The number of aryl methyl sites for hydroxylation is 3. The Balaban J connectivity index is 1.51. The number of benzene rings is 1. The Hall–Kier alpha value is -2.96. The molecule has 1 saturated carbocycles. The van der Waals surface area contributed by atoms with Crippen LogP contribution in [0.25, 0.3) is 16.7 Å². The van der Waals surface area contributed by atoms with Crippen LogP contribution in [0.4, 0.5) is 5.82 Å². The molecule has 2 aromatic heterocycles. The molecule has 0 spiro atoms. The average molecular weight is 435 g/mol. The van der Waals surface area contributed by atoms with Gasteiger partial charge in [-0.25, -0.2) is 14.6 Å². The SMILES string of the molecule is Cc1cccc(-n2nc(C)c3c(NC4CCC(NC(=O)CC(C)C)CC4)nc(C)nc32)c1. The van der Waals surface area contributed by atoms with E-state index in [1.807, 2.05) is 24.6 Å². The summed E-state index contributed by atoms with van der Waals surface area (Å²) < 4.78 is 1.92. The lowest BCUT2D eigenvalue weighted by Crippen LogP contribution is -2.40. The fourth-order valence-electron chi connectivity index (χ4n) is 4.57. The maximum absolute atomic E-state index is 12.1. The van der Waals surface area contributed by atoms with Gasteiger partial charge in [0.15, 0.2) is 5.65 Å². The zero-order valence-corrected chi connectivity index (χ0v) is 19.8. The summed E-state index contributed by atoms with van der Waals surface area (Å²) in [6.45, 7) is 10.2. The molecule has 3 aromatic rings. The second-order valence-electron chi connectivity index (χ2n) is 9.51. The molecule has 0 unspecified atom stereocenters. The van der Waals surface area contributed by atoms with Crippen molar-refractivity contribution in [3.8, 4) is 5.69 Å². The summed E-state index contributed by atoms with van der Waals surface area (Å²) >= 11 is 0. The summed E-state index contributed by atoms with van der Waals surface area (Å²) in [6.07, 6.45) is 4.57. The number of carbonyl (C=O) groups excluding carboxylic acids is 1. The van der Waals surface area contributed by atoms with Gasteiger partial charge in [-0.05, 0) is 70.1 Å². The molecule has 2 heterocycles. The second kappa shape index (κ2) is 9.27. The first-order valence-electron chi connectivity index (χ1n) is 11.7. The number of carbonyl (C=O) groups is 1. The molecule has 7 nitrogen and oxygen atoms in total. The van der Waals surface area contributed by atoms with Crippen LogP contribution in [0.2, 0.25) is 0 Å². The second-order valence-corrected chi connectivity index (χ2v) is 9.51. The highest BCUT2D eigenvalue weighted by atomic mass is 16.1. The first-order valence-corrected chi connectivity index (χ1v) is 11.7. The van der Waals surface area contributed by atoms with Crippen molar-refractivity contribution in [3.63, 3.8) is 0 Å². The van der Waals surface area contributed by atoms with Crippen molar-refractivity contribution in [3.05, 3.63) is 41.3 Å². The van der Waals surface area contributed by atoms with Crippen LogP contribution in [0.15, 0.2) is 24.3 Å². The number of amides is 1. The van der Waals surface area contributed by atoms with Crippen molar-refractivity contribution >= 4 is 22.8 Å². The van der Waals surface area contributed by atoms with Gasteiger partial charge in [-0.1, -0.05) is 26.0 Å². The van der Waals surface area contributed by atoms with Crippen LogP contribution in [0.1, 0.15) is 63.0 Å². The number of nitrogens with zero attached hydrogens (tertiary/aromatic N) is 4. The van der Waals surface area contributed by atoms with E-state index in [9.17, 15) is 4.79 Å². The van der Waals surface area contributed by atoms with E-state index in [0.717, 1.165) is 59.7 Å². The summed E-state index contributed by atoms with van der Waals surface area (Å²) in [4.78, 5) is 21.6. The Kier molecular flexibility index (Phi) is 6.44. The van der Waals surface area contributed by atoms with Crippen LogP contribution < -0.4 is 10.6 Å². The van der Waals surface area contributed by atoms with E-state index in [-0.39, 0.29) is 11.9 Å². The average Bonchev–Trinajstić information content (AvgIpc) is 3.05. The number of rotatable bonds is 6. The molecule has 1 aliphatic carbocycles. The molecule has 7 heteroatoms. The standard InChI is InChI=1S/C25H34N6O/c1-15(2)13-22(32)28-19-9-11-20(12-10-19)29-24-23-17(4)30-31(25(23)27-18(5)26-24)21-8-6-7-16(3)14-21/h6-8,14-15,19-20H,9-13H2,1-5H3,(H,28,32)(H,26,27,29). The van der Waals surface area contributed by atoms with Crippen molar-refractivity contribution in [2.75, 3.05) is 5.32 Å². The van der Waals surface area contributed by atoms with Crippen molar-refractivity contribution in [1.29, 1.82) is 0 Å². The smallest absolute Gasteiger partial charge is 0.220 e. The van der Waals surface area contributed by atoms with E-state index in [4.69, 9.17) is 15.1 Å². The maximum atomic E-state index is 12.1. The minimum atomic E-state index is 0.170. The Labute approximate surface area is 190 Å². The van der Waals surface area contributed by atoms with Crippen molar-refractivity contribution in [2.45, 2.75) is 78.8 Å². The first-order chi connectivity index (χ1) is 15.3. The zero-order chi connectivity index (χ0) is 22.8. The molecular formula is C25H34N6O. The molecule has 32 heavy (non-hydrogen) atoms. The fourth-order valence-corrected chi connectivity index (χ4v) is 4.57. The number of anilines is 1. The monoisotopic (exact) mass is 434 g/mol. The number of fused-ring (bicyclic) bond motifs is 1. The molecule has 0 bridgehead atoms. The van der Waals surface area contributed by atoms with Gasteiger partial charge < -0.3 is 10.6 Å². The maximum Gasteiger partial charge on any atom is 0.220 e. The number of hydrogen-bond donors (Lipinski definition) is 2. The van der Waals surface area contributed by atoms with Crippen molar-refractivity contribution in [2.24, 2.45) is 5.92 Å². The molecule has 4 rings (SSSR count).